The lowest BCUT2D eigenvalue weighted by atomic mass is 10.1. The molecule has 0 aliphatic carbocycles. The van der Waals surface area contributed by atoms with E-state index in [0.29, 0.717) is 18.2 Å². The quantitative estimate of drug-likeness (QED) is 0.908. The van der Waals surface area contributed by atoms with Crippen LogP contribution in [0, 0.1) is 0 Å². The van der Waals surface area contributed by atoms with E-state index < -0.39 is 0 Å². The largest absolute Gasteiger partial charge is 0.310 e. The predicted octanol–water partition coefficient (Wildman–Crippen LogP) is 3.39. The molecule has 0 bridgehead atoms. The molecule has 1 aromatic carbocycles. The minimum atomic E-state index is -0.0454. The van der Waals surface area contributed by atoms with Crippen molar-refractivity contribution in [2.75, 3.05) is 5.32 Å². The van der Waals surface area contributed by atoms with Crippen molar-refractivity contribution >= 4 is 11.7 Å². The number of anilines is 1. The third kappa shape index (κ3) is 3.91. The van der Waals surface area contributed by atoms with Crippen molar-refractivity contribution in [2.24, 2.45) is 0 Å². The van der Waals surface area contributed by atoms with E-state index in [0.717, 1.165) is 5.56 Å². The molecule has 1 heterocycles. The molecule has 19 heavy (non-hydrogen) atoms. The molecule has 0 saturated heterocycles. The second-order valence-corrected chi connectivity index (χ2v) is 4.84. The SMILES string of the molecule is CC(C)c1ccc(NC(=O)Cc2ccccc2)nc1. The van der Waals surface area contributed by atoms with Gasteiger partial charge >= 0.3 is 0 Å². The molecule has 0 aliphatic heterocycles. The Labute approximate surface area is 113 Å². The van der Waals surface area contributed by atoms with Gasteiger partial charge in [-0.1, -0.05) is 50.2 Å². The van der Waals surface area contributed by atoms with Crippen molar-refractivity contribution in [2.45, 2.75) is 26.2 Å². The van der Waals surface area contributed by atoms with Crippen LogP contribution in [0.1, 0.15) is 30.9 Å². The van der Waals surface area contributed by atoms with Gasteiger partial charge in [-0.05, 0) is 23.1 Å². The molecule has 2 aromatic rings. The summed E-state index contributed by atoms with van der Waals surface area (Å²) in [7, 11) is 0. The minimum Gasteiger partial charge on any atom is -0.310 e. The Morgan fingerprint density at radius 1 is 1.16 bits per heavy atom. The molecular weight excluding hydrogens is 236 g/mol. The highest BCUT2D eigenvalue weighted by Crippen LogP contribution is 2.14. The van der Waals surface area contributed by atoms with E-state index in [1.807, 2.05) is 48.7 Å². The monoisotopic (exact) mass is 254 g/mol. The van der Waals surface area contributed by atoms with Gasteiger partial charge in [-0.2, -0.15) is 0 Å². The number of hydrogen-bond donors (Lipinski definition) is 1. The zero-order chi connectivity index (χ0) is 13.7. The smallest absolute Gasteiger partial charge is 0.229 e. The van der Waals surface area contributed by atoms with Gasteiger partial charge in [0.25, 0.3) is 0 Å². The molecule has 3 nitrogen and oxygen atoms in total. The van der Waals surface area contributed by atoms with E-state index in [9.17, 15) is 4.79 Å². The van der Waals surface area contributed by atoms with Gasteiger partial charge in [0, 0.05) is 6.20 Å². The van der Waals surface area contributed by atoms with Crippen LogP contribution in [0.2, 0.25) is 0 Å². The van der Waals surface area contributed by atoms with Crippen LogP contribution in [-0.2, 0) is 11.2 Å². The van der Waals surface area contributed by atoms with Gasteiger partial charge in [-0.25, -0.2) is 4.98 Å². The lowest BCUT2D eigenvalue weighted by Gasteiger charge is -2.07. The highest BCUT2D eigenvalue weighted by atomic mass is 16.1. The maximum atomic E-state index is 11.8. The fourth-order valence-electron chi connectivity index (χ4n) is 1.79. The Morgan fingerprint density at radius 2 is 1.89 bits per heavy atom. The summed E-state index contributed by atoms with van der Waals surface area (Å²) >= 11 is 0. The van der Waals surface area contributed by atoms with E-state index in [1.54, 1.807) is 0 Å². The first-order valence-electron chi connectivity index (χ1n) is 6.45. The number of nitrogens with one attached hydrogen (secondary N) is 1. The Bertz CT molecular complexity index is 532. The number of rotatable bonds is 4. The molecule has 0 fully saturated rings. The number of benzene rings is 1. The van der Waals surface area contributed by atoms with Gasteiger partial charge in [-0.15, -0.1) is 0 Å². The number of amides is 1. The molecule has 0 unspecified atom stereocenters. The highest BCUT2D eigenvalue weighted by molar-refractivity contribution is 5.91. The van der Waals surface area contributed by atoms with E-state index in [-0.39, 0.29) is 5.91 Å². The van der Waals surface area contributed by atoms with Crippen molar-refractivity contribution in [3.8, 4) is 0 Å². The minimum absolute atomic E-state index is 0.0454. The first-order chi connectivity index (χ1) is 9.15. The Balaban J connectivity index is 1.95. The molecule has 0 saturated carbocycles. The van der Waals surface area contributed by atoms with Crippen LogP contribution in [0.5, 0.6) is 0 Å². The Morgan fingerprint density at radius 3 is 2.47 bits per heavy atom. The first-order valence-corrected chi connectivity index (χ1v) is 6.45. The van der Waals surface area contributed by atoms with E-state index in [2.05, 4.69) is 24.1 Å². The van der Waals surface area contributed by atoms with Crippen LogP contribution < -0.4 is 5.32 Å². The van der Waals surface area contributed by atoms with Crippen molar-refractivity contribution < 1.29 is 4.79 Å². The molecule has 2 rings (SSSR count). The first kappa shape index (κ1) is 13.3. The average Bonchev–Trinajstić information content (AvgIpc) is 2.40. The van der Waals surface area contributed by atoms with E-state index >= 15 is 0 Å². The van der Waals surface area contributed by atoms with Gasteiger partial charge in [0.05, 0.1) is 6.42 Å². The Hall–Kier alpha value is -2.16. The zero-order valence-corrected chi connectivity index (χ0v) is 11.3. The normalized spacial score (nSPS) is 10.5. The van der Waals surface area contributed by atoms with Gasteiger partial charge in [-0.3, -0.25) is 4.79 Å². The summed E-state index contributed by atoms with van der Waals surface area (Å²) in [5.74, 6) is 1.00. The van der Waals surface area contributed by atoms with Gasteiger partial charge in [0.1, 0.15) is 5.82 Å². The summed E-state index contributed by atoms with van der Waals surface area (Å²) in [5, 5.41) is 2.81. The summed E-state index contributed by atoms with van der Waals surface area (Å²) in [6, 6.07) is 13.5. The molecule has 3 heteroatoms. The molecule has 1 amide bonds. The maximum absolute atomic E-state index is 11.8. The zero-order valence-electron chi connectivity index (χ0n) is 11.3. The standard InChI is InChI=1S/C16H18N2O/c1-12(2)14-8-9-15(17-11-14)18-16(19)10-13-6-4-3-5-7-13/h3-9,11-12H,10H2,1-2H3,(H,17,18,19). The van der Waals surface area contributed by atoms with Crippen molar-refractivity contribution in [3.63, 3.8) is 0 Å². The summed E-state index contributed by atoms with van der Waals surface area (Å²) in [6.45, 7) is 4.23. The van der Waals surface area contributed by atoms with Crippen molar-refractivity contribution in [3.05, 3.63) is 59.8 Å². The van der Waals surface area contributed by atoms with Crippen LogP contribution in [0.4, 0.5) is 5.82 Å². The second kappa shape index (κ2) is 6.14. The lowest BCUT2D eigenvalue weighted by Crippen LogP contribution is -2.15. The molecule has 1 N–H and O–H groups in total. The van der Waals surface area contributed by atoms with E-state index in [4.69, 9.17) is 0 Å². The van der Waals surface area contributed by atoms with Gasteiger partial charge in [0.15, 0.2) is 0 Å². The fraction of sp³-hybridized carbons (Fsp3) is 0.250. The third-order valence-electron chi connectivity index (χ3n) is 2.93. The predicted molar refractivity (Wildman–Crippen MR) is 77.1 cm³/mol. The lowest BCUT2D eigenvalue weighted by molar-refractivity contribution is -0.115. The van der Waals surface area contributed by atoms with Crippen LogP contribution in [0.15, 0.2) is 48.7 Å². The average molecular weight is 254 g/mol. The van der Waals surface area contributed by atoms with Crippen molar-refractivity contribution in [1.29, 1.82) is 0 Å². The summed E-state index contributed by atoms with van der Waals surface area (Å²) in [5.41, 5.74) is 2.17. The molecular formula is C16H18N2O. The Kier molecular flexibility index (Phi) is 4.29. The number of aromatic nitrogens is 1. The van der Waals surface area contributed by atoms with Crippen LogP contribution in [0.25, 0.3) is 0 Å². The molecule has 0 spiro atoms. The maximum Gasteiger partial charge on any atom is 0.229 e. The molecule has 0 aliphatic rings. The third-order valence-corrected chi connectivity index (χ3v) is 2.93. The van der Waals surface area contributed by atoms with Crippen molar-refractivity contribution in [1.82, 2.24) is 4.98 Å². The van der Waals surface area contributed by atoms with Crippen LogP contribution in [0.3, 0.4) is 0 Å². The molecule has 0 atom stereocenters. The number of carbonyl (C=O) groups excluding carboxylic acids is 1. The van der Waals surface area contributed by atoms with Crippen LogP contribution in [-0.4, -0.2) is 10.9 Å². The summed E-state index contributed by atoms with van der Waals surface area (Å²) in [6.07, 6.45) is 2.18. The van der Waals surface area contributed by atoms with E-state index in [1.165, 1.54) is 5.56 Å². The second-order valence-electron chi connectivity index (χ2n) is 4.84. The summed E-state index contributed by atoms with van der Waals surface area (Å²) < 4.78 is 0. The molecule has 0 radical (unpaired) electrons. The van der Waals surface area contributed by atoms with Crippen LogP contribution >= 0.6 is 0 Å². The highest BCUT2D eigenvalue weighted by Gasteiger charge is 2.05. The number of nitrogens with zero attached hydrogens (tertiary/aromatic N) is 1. The molecule has 98 valence electrons. The number of pyridine rings is 1. The topological polar surface area (TPSA) is 42.0 Å². The number of hydrogen-bond acceptors (Lipinski definition) is 2. The fourth-order valence-corrected chi connectivity index (χ4v) is 1.79. The van der Waals surface area contributed by atoms with Gasteiger partial charge < -0.3 is 5.32 Å². The molecule has 1 aromatic heterocycles. The summed E-state index contributed by atoms with van der Waals surface area (Å²) in [4.78, 5) is 16.1. The van der Waals surface area contributed by atoms with Gasteiger partial charge in [0.2, 0.25) is 5.91 Å². The number of carbonyl (C=O) groups is 1.